The summed E-state index contributed by atoms with van der Waals surface area (Å²) in [5.41, 5.74) is 4.21. The second-order valence-corrected chi connectivity index (χ2v) is 5.21. The monoisotopic (exact) mass is 278 g/mol. The first-order chi connectivity index (χ1) is 10.2. The molecule has 0 fully saturated rings. The van der Waals surface area contributed by atoms with Gasteiger partial charge in [0.15, 0.2) is 0 Å². The first-order valence-electron chi connectivity index (χ1n) is 7.04. The van der Waals surface area contributed by atoms with E-state index in [2.05, 4.69) is 0 Å². The van der Waals surface area contributed by atoms with Gasteiger partial charge in [0.1, 0.15) is 0 Å². The fraction of sp³-hybridized carbons (Fsp3) is 0.167. The van der Waals surface area contributed by atoms with Gasteiger partial charge in [0, 0.05) is 18.3 Å². The van der Waals surface area contributed by atoms with Gasteiger partial charge in [0.2, 0.25) is 0 Å². The van der Waals surface area contributed by atoms with E-state index in [1.165, 1.54) is 0 Å². The van der Waals surface area contributed by atoms with Crippen molar-refractivity contribution in [3.8, 4) is 11.3 Å². The van der Waals surface area contributed by atoms with Gasteiger partial charge in [-0.1, -0.05) is 60.7 Å². The predicted octanol–water partition coefficient (Wildman–Crippen LogP) is 3.21. The highest BCUT2D eigenvalue weighted by Crippen LogP contribution is 2.22. The van der Waals surface area contributed by atoms with E-state index >= 15 is 0 Å². The van der Waals surface area contributed by atoms with Crippen LogP contribution in [-0.4, -0.2) is 9.13 Å². The number of aromatic nitrogens is 2. The molecule has 3 aromatic rings. The minimum absolute atomic E-state index is 0.0233. The second-order valence-electron chi connectivity index (χ2n) is 5.21. The number of hydrogen-bond donors (Lipinski definition) is 0. The summed E-state index contributed by atoms with van der Waals surface area (Å²) >= 11 is 0. The van der Waals surface area contributed by atoms with E-state index in [9.17, 15) is 4.79 Å². The molecule has 0 saturated carbocycles. The van der Waals surface area contributed by atoms with Crippen molar-refractivity contribution in [2.75, 3.05) is 0 Å². The zero-order valence-electron chi connectivity index (χ0n) is 12.3. The highest BCUT2D eigenvalue weighted by molar-refractivity contribution is 5.62. The van der Waals surface area contributed by atoms with E-state index in [0.717, 1.165) is 22.5 Å². The van der Waals surface area contributed by atoms with E-state index < -0.39 is 0 Å². The van der Waals surface area contributed by atoms with Gasteiger partial charge in [-0.15, -0.1) is 0 Å². The third-order valence-corrected chi connectivity index (χ3v) is 3.83. The summed E-state index contributed by atoms with van der Waals surface area (Å²) < 4.78 is 3.56. The molecule has 0 radical (unpaired) electrons. The lowest BCUT2D eigenvalue weighted by atomic mass is 10.1. The topological polar surface area (TPSA) is 26.9 Å². The Morgan fingerprint density at radius 3 is 2.10 bits per heavy atom. The Bertz CT molecular complexity index is 798. The van der Waals surface area contributed by atoms with E-state index in [0.29, 0.717) is 6.54 Å². The van der Waals surface area contributed by atoms with Crippen LogP contribution in [0.15, 0.2) is 65.5 Å². The van der Waals surface area contributed by atoms with Gasteiger partial charge in [0.25, 0.3) is 0 Å². The molecule has 0 aliphatic rings. The second kappa shape index (κ2) is 5.44. The van der Waals surface area contributed by atoms with Crippen molar-refractivity contribution in [2.24, 2.45) is 7.05 Å². The van der Waals surface area contributed by atoms with Crippen LogP contribution in [0.5, 0.6) is 0 Å². The molecule has 3 rings (SSSR count). The molecular formula is C18H18N2O. The molecule has 0 atom stereocenters. The quantitative estimate of drug-likeness (QED) is 0.722. The zero-order valence-corrected chi connectivity index (χ0v) is 12.3. The zero-order chi connectivity index (χ0) is 14.8. The normalized spacial score (nSPS) is 10.8. The molecule has 0 unspecified atom stereocenters. The van der Waals surface area contributed by atoms with Gasteiger partial charge in [-0.05, 0) is 12.5 Å². The first kappa shape index (κ1) is 13.4. The molecule has 0 spiro atoms. The molecule has 0 saturated heterocycles. The highest BCUT2D eigenvalue weighted by Gasteiger charge is 2.15. The van der Waals surface area contributed by atoms with Crippen molar-refractivity contribution < 1.29 is 0 Å². The Labute approximate surface area is 124 Å². The van der Waals surface area contributed by atoms with Crippen molar-refractivity contribution in [1.82, 2.24) is 9.13 Å². The lowest BCUT2D eigenvalue weighted by molar-refractivity contribution is 0.704. The molecule has 3 nitrogen and oxygen atoms in total. The number of benzene rings is 2. The molecule has 1 aromatic heterocycles. The molecule has 0 aliphatic carbocycles. The largest absolute Gasteiger partial charge is 0.328 e. The Morgan fingerprint density at radius 2 is 1.48 bits per heavy atom. The van der Waals surface area contributed by atoms with Crippen LogP contribution in [0.25, 0.3) is 11.3 Å². The average molecular weight is 278 g/mol. The van der Waals surface area contributed by atoms with Crippen LogP contribution in [0.3, 0.4) is 0 Å². The van der Waals surface area contributed by atoms with Crippen molar-refractivity contribution in [2.45, 2.75) is 13.5 Å². The Kier molecular flexibility index (Phi) is 3.48. The average Bonchev–Trinajstić information content (AvgIpc) is 2.73. The third-order valence-electron chi connectivity index (χ3n) is 3.83. The van der Waals surface area contributed by atoms with Gasteiger partial charge in [-0.2, -0.15) is 0 Å². The maximum atomic E-state index is 12.5. The minimum atomic E-state index is 0.0233. The van der Waals surface area contributed by atoms with Crippen molar-refractivity contribution >= 4 is 0 Å². The SMILES string of the molecule is Cc1c(-c2ccccc2)n(C)c(=O)n1Cc1ccccc1. The van der Waals surface area contributed by atoms with Crippen LogP contribution in [0.2, 0.25) is 0 Å². The molecule has 1 heterocycles. The highest BCUT2D eigenvalue weighted by atomic mass is 16.1. The maximum absolute atomic E-state index is 12.5. The standard InChI is InChI=1S/C18H18N2O/c1-14-17(16-11-7-4-8-12-16)19(2)18(21)20(14)13-15-9-5-3-6-10-15/h3-12H,13H2,1-2H3. The summed E-state index contributed by atoms with van der Waals surface area (Å²) in [5, 5.41) is 0. The van der Waals surface area contributed by atoms with E-state index in [4.69, 9.17) is 0 Å². The number of hydrogen-bond acceptors (Lipinski definition) is 1. The molecule has 0 N–H and O–H groups in total. The number of nitrogens with zero attached hydrogens (tertiary/aromatic N) is 2. The molecule has 21 heavy (non-hydrogen) atoms. The van der Waals surface area contributed by atoms with Gasteiger partial charge >= 0.3 is 5.69 Å². The predicted molar refractivity (Wildman–Crippen MR) is 85.4 cm³/mol. The van der Waals surface area contributed by atoms with Crippen molar-refractivity contribution in [1.29, 1.82) is 0 Å². The summed E-state index contributed by atoms with van der Waals surface area (Å²) in [6, 6.07) is 20.1. The molecule has 0 aliphatic heterocycles. The summed E-state index contributed by atoms with van der Waals surface area (Å²) in [6.07, 6.45) is 0. The molecule has 106 valence electrons. The fourth-order valence-electron chi connectivity index (χ4n) is 2.74. The maximum Gasteiger partial charge on any atom is 0.328 e. The van der Waals surface area contributed by atoms with Gasteiger partial charge in [-0.3, -0.25) is 9.13 Å². The van der Waals surface area contributed by atoms with Crippen LogP contribution in [-0.2, 0) is 13.6 Å². The van der Waals surface area contributed by atoms with Crippen LogP contribution >= 0.6 is 0 Å². The summed E-state index contributed by atoms with van der Waals surface area (Å²) in [5.74, 6) is 0. The molecule has 3 heteroatoms. The van der Waals surface area contributed by atoms with Crippen molar-refractivity contribution in [3.05, 3.63) is 82.4 Å². The lowest BCUT2D eigenvalue weighted by Crippen LogP contribution is -2.23. The van der Waals surface area contributed by atoms with Crippen molar-refractivity contribution in [3.63, 3.8) is 0 Å². The van der Waals surface area contributed by atoms with E-state index in [1.54, 1.807) is 4.57 Å². The lowest BCUT2D eigenvalue weighted by Gasteiger charge is -2.06. The molecular weight excluding hydrogens is 260 g/mol. The number of imidazole rings is 1. The molecule has 0 bridgehead atoms. The smallest absolute Gasteiger partial charge is 0.295 e. The Balaban J connectivity index is 2.10. The van der Waals surface area contributed by atoms with Gasteiger partial charge in [0.05, 0.1) is 12.2 Å². The molecule has 0 amide bonds. The summed E-state index contributed by atoms with van der Waals surface area (Å²) in [4.78, 5) is 12.5. The molecule has 2 aromatic carbocycles. The summed E-state index contributed by atoms with van der Waals surface area (Å²) in [7, 11) is 1.83. The van der Waals surface area contributed by atoms with Crippen LogP contribution in [0.4, 0.5) is 0 Å². The van der Waals surface area contributed by atoms with Gasteiger partial charge < -0.3 is 0 Å². The third kappa shape index (κ3) is 2.42. The van der Waals surface area contributed by atoms with Gasteiger partial charge in [-0.25, -0.2) is 4.79 Å². The van der Waals surface area contributed by atoms with E-state index in [1.807, 2.05) is 79.2 Å². The fourth-order valence-corrected chi connectivity index (χ4v) is 2.74. The Hall–Kier alpha value is -2.55. The van der Waals surface area contributed by atoms with E-state index in [-0.39, 0.29) is 5.69 Å². The van der Waals surface area contributed by atoms with Crippen LogP contribution in [0.1, 0.15) is 11.3 Å². The van der Waals surface area contributed by atoms with Crippen LogP contribution < -0.4 is 5.69 Å². The minimum Gasteiger partial charge on any atom is -0.295 e. The summed E-state index contributed by atoms with van der Waals surface area (Å²) in [6.45, 7) is 2.61. The van der Waals surface area contributed by atoms with Crippen LogP contribution in [0, 0.1) is 6.92 Å². The number of rotatable bonds is 3. The Morgan fingerprint density at radius 1 is 0.905 bits per heavy atom. The first-order valence-corrected chi connectivity index (χ1v) is 7.04.